The van der Waals surface area contributed by atoms with Gasteiger partial charge in [-0.2, -0.15) is 0 Å². The summed E-state index contributed by atoms with van der Waals surface area (Å²) in [5.41, 5.74) is -0.233. The van der Waals surface area contributed by atoms with Crippen molar-refractivity contribution >= 4 is 39.7 Å². The molecule has 2 aromatic rings. The Hall–Kier alpha value is -1.76. The van der Waals surface area contributed by atoms with Gasteiger partial charge in [0.2, 0.25) is 0 Å². The number of carboxylic acid groups (broad SMARTS) is 2. The molecule has 0 aromatic heterocycles. The van der Waals surface area contributed by atoms with Crippen LogP contribution in [0.25, 0.3) is 0 Å². The summed E-state index contributed by atoms with van der Waals surface area (Å²) in [7, 11) is 1.77. The minimum absolute atomic E-state index is 0.0845. The van der Waals surface area contributed by atoms with Gasteiger partial charge in [0.25, 0.3) is 0 Å². The fourth-order valence-corrected chi connectivity index (χ4v) is 5.52. The van der Waals surface area contributed by atoms with Crippen LogP contribution in [-0.2, 0) is 0 Å². The third-order valence-corrected chi connectivity index (χ3v) is 6.48. The molecule has 0 heterocycles. The highest BCUT2D eigenvalue weighted by Gasteiger charge is 2.25. The topological polar surface area (TPSA) is 74.6 Å². The molecule has 0 saturated carbocycles. The smallest absolute Gasteiger partial charge is 0.337 e. The molecule has 0 aliphatic rings. The van der Waals surface area contributed by atoms with Crippen LogP contribution in [0, 0.1) is 0 Å². The van der Waals surface area contributed by atoms with Gasteiger partial charge in [-0.05, 0) is 43.3 Å². The van der Waals surface area contributed by atoms with E-state index in [1.807, 2.05) is 30.3 Å². The lowest BCUT2D eigenvalue weighted by Crippen LogP contribution is -2.24. The molecule has 2 unspecified atom stereocenters. The van der Waals surface area contributed by atoms with Crippen molar-refractivity contribution in [1.82, 2.24) is 0 Å². The standard InChI is InChI=1S/C17H18O4P2/c18-16(19)13-8-4-9-14(15(13)17(20)21)23(11-5-10-22)12-6-2-1-3-7-12/h1-4,6-9H,5,10-11,22H2,(H,18,19)(H,20,21). The van der Waals surface area contributed by atoms with E-state index in [0.717, 1.165) is 24.0 Å². The summed E-state index contributed by atoms with van der Waals surface area (Å²) < 4.78 is 0. The Bertz CT molecular complexity index is 701. The van der Waals surface area contributed by atoms with Gasteiger partial charge in [-0.25, -0.2) is 9.59 Å². The second-order valence-corrected chi connectivity index (χ2v) is 7.82. The summed E-state index contributed by atoms with van der Waals surface area (Å²) in [6, 6.07) is 14.4. The first-order valence-corrected chi connectivity index (χ1v) is 9.53. The van der Waals surface area contributed by atoms with Crippen LogP contribution in [0.2, 0.25) is 0 Å². The molecule has 2 rings (SSSR count). The van der Waals surface area contributed by atoms with Crippen LogP contribution >= 0.6 is 17.2 Å². The SMILES string of the molecule is O=C(O)c1cccc(P(CCCP)c2ccccc2)c1C(=O)O. The van der Waals surface area contributed by atoms with E-state index >= 15 is 0 Å². The Labute approximate surface area is 138 Å². The van der Waals surface area contributed by atoms with Gasteiger partial charge >= 0.3 is 11.9 Å². The number of carboxylic acids is 2. The van der Waals surface area contributed by atoms with Crippen LogP contribution in [-0.4, -0.2) is 34.5 Å². The zero-order valence-corrected chi connectivity index (χ0v) is 14.5. The first kappa shape index (κ1) is 17.6. The molecule has 0 radical (unpaired) electrons. The van der Waals surface area contributed by atoms with E-state index in [4.69, 9.17) is 0 Å². The molecular formula is C17H18O4P2. The molecule has 6 heteroatoms. The number of hydrogen-bond acceptors (Lipinski definition) is 2. The maximum absolute atomic E-state index is 11.7. The third-order valence-electron chi connectivity index (χ3n) is 3.43. The van der Waals surface area contributed by atoms with Gasteiger partial charge in [-0.1, -0.05) is 42.5 Å². The molecule has 0 aliphatic heterocycles. The molecule has 2 aromatic carbocycles. The summed E-state index contributed by atoms with van der Waals surface area (Å²) in [6.45, 7) is 0. The molecule has 0 aliphatic carbocycles. The number of benzene rings is 2. The molecule has 120 valence electrons. The molecular weight excluding hydrogens is 330 g/mol. The van der Waals surface area contributed by atoms with Gasteiger partial charge < -0.3 is 10.2 Å². The molecule has 2 N–H and O–H groups in total. The van der Waals surface area contributed by atoms with Gasteiger partial charge in [0.05, 0.1) is 11.1 Å². The zero-order valence-electron chi connectivity index (χ0n) is 12.5. The fraction of sp³-hybridized carbons (Fsp3) is 0.176. The van der Waals surface area contributed by atoms with Crippen molar-refractivity contribution in [3.8, 4) is 0 Å². The summed E-state index contributed by atoms with van der Waals surface area (Å²) in [5.74, 6) is -2.40. The molecule has 0 amide bonds. The van der Waals surface area contributed by atoms with Crippen LogP contribution in [0.4, 0.5) is 0 Å². The second-order valence-electron chi connectivity index (χ2n) is 4.94. The van der Waals surface area contributed by atoms with Crippen molar-refractivity contribution in [3.05, 3.63) is 59.7 Å². The minimum atomic E-state index is -1.21. The van der Waals surface area contributed by atoms with Gasteiger partial charge in [0, 0.05) is 0 Å². The summed E-state index contributed by atoms with van der Waals surface area (Å²) in [5, 5.41) is 20.6. The van der Waals surface area contributed by atoms with Crippen LogP contribution < -0.4 is 10.6 Å². The van der Waals surface area contributed by atoms with E-state index in [9.17, 15) is 19.8 Å². The van der Waals surface area contributed by atoms with E-state index in [2.05, 4.69) is 9.24 Å². The van der Waals surface area contributed by atoms with E-state index in [-0.39, 0.29) is 11.1 Å². The predicted octanol–water partition coefficient (Wildman–Crippen LogP) is 2.78. The maximum Gasteiger partial charge on any atom is 0.337 e. The minimum Gasteiger partial charge on any atom is -0.478 e. The van der Waals surface area contributed by atoms with Gasteiger partial charge in [-0.15, -0.1) is 9.24 Å². The normalized spacial score (nSPS) is 11.9. The Morgan fingerprint density at radius 1 is 0.957 bits per heavy atom. The van der Waals surface area contributed by atoms with E-state index in [1.54, 1.807) is 12.1 Å². The zero-order chi connectivity index (χ0) is 16.8. The van der Waals surface area contributed by atoms with E-state index < -0.39 is 19.9 Å². The Morgan fingerprint density at radius 3 is 2.22 bits per heavy atom. The van der Waals surface area contributed by atoms with Crippen LogP contribution in [0.3, 0.4) is 0 Å². The molecule has 0 spiro atoms. The third kappa shape index (κ3) is 4.16. The Balaban J connectivity index is 2.61. The van der Waals surface area contributed by atoms with Crippen LogP contribution in [0.5, 0.6) is 0 Å². The lowest BCUT2D eigenvalue weighted by Gasteiger charge is -2.21. The first-order valence-electron chi connectivity index (χ1n) is 7.18. The average molecular weight is 348 g/mol. The van der Waals surface area contributed by atoms with Gasteiger partial charge in [-0.3, -0.25) is 0 Å². The Kier molecular flexibility index (Phi) is 6.27. The van der Waals surface area contributed by atoms with Crippen molar-refractivity contribution in [2.75, 3.05) is 12.3 Å². The number of aromatic carboxylic acids is 2. The molecule has 4 nitrogen and oxygen atoms in total. The number of rotatable bonds is 7. The maximum atomic E-state index is 11.7. The molecule has 0 bridgehead atoms. The average Bonchev–Trinajstić information content (AvgIpc) is 2.55. The van der Waals surface area contributed by atoms with Gasteiger partial charge in [0.1, 0.15) is 0 Å². The number of carbonyl (C=O) groups is 2. The molecule has 23 heavy (non-hydrogen) atoms. The van der Waals surface area contributed by atoms with E-state index in [1.165, 1.54) is 6.07 Å². The van der Waals surface area contributed by atoms with Crippen LogP contribution in [0.1, 0.15) is 27.1 Å². The summed E-state index contributed by atoms with van der Waals surface area (Å²) in [6.07, 6.45) is 2.68. The lowest BCUT2D eigenvalue weighted by atomic mass is 10.1. The highest BCUT2D eigenvalue weighted by atomic mass is 31.1. The lowest BCUT2D eigenvalue weighted by molar-refractivity contribution is 0.0652. The number of hydrogen-bond donors (Lipinski definition) is 2. The largest absolute Gasteiger partial charge is 0.478 e. The van der Waals surface area contributed by atoms with Crippen LogP contribution in [0.15, 0.2) is 48.5 Å². The molecule has 2 atom stereocenters. The van der Waals surface area contributed by atoms with Crippen molar-refractivity contribution in [1.29, 1.82) is 0 Å². The van der Waals surface area contributed by atoms with E-state index in [0.29, 0.717) is 5.30 Å². The van der Waals surface area contributed by atoms with Gasteiger partial charge in [0.15, 0.2) is 0 Å². The first-order chi connectivity index (χ1) is 11.1. The molecule has 0 saturated heterocycles. The van der Waals surface area contributed by atoms with Crippen molar-refractivity contribution in [2.24, 2.45) is 0 Å². The van der Waals surface area contributed by atoms with Crippen molar-refractivity contribution in [3.63, 3.8) is 0 Å². The second kappa shape index (κ2) is 8.19. The fourth-order valence-electron chi connectivity index (χ4n) is 2.41. The Morgan fingerprint density at radius 2 is 1.65 bits per heavy atom. The van der Waals surface area contributed by atoms with Crippen molar-refractivity contribution < 1.29 is 19.8 Å². The highest BCUT2D eigenvalue weighted by molar-refractivity contribution is 7.73. The molecule has 0 fully saturated rings. The monoisotopic (exact) mass is 348 g/mol. The quantitative estimate of drug-likeness (QED) is 0.755. The summed E-state index contributed by atoms with van der Waals surface area (Å²) in [4.78, 5) is 23.1. The summed E-state index contributed by atoms with van der Waals surface area (Å²) >= 11 is 0. The highest BCUT2D eigenvalue weighted by Crippen LogP contribution is 2.36. The van der Waals surface area contributed by atoms with Crippen molar-refractivity contribution in [2.45, 2.75) is 6.42 Å². The predicted molar refractivity (Wildman–Crippen MR) is 97.1 cm³/mol.